The zero-order valence-corrected chi connectivity index (χ0v) is 22.9. The van der Waals surface area contributed by atoms with Crippen LogP contribution >= 0.6 is 11.6 Å². The molecule has 1 heterocycles. The van der Waals surface area contributed by atoms with E-state index in [-0.39, 0.29) is 35.1 Å². The number of benzene rings is 3. The van der Waals surface area contributed by atoms with Gasteiger partial charge in [-0.25, -0.2) is 0 Å². The molecule has 0 aliphatic heterocycles. The van der Waals surface area contributed by atoms with Crippen molar-refractivity contribution in [2.75, 3.05) is 6.54 Å². The molecule has 4 rings (SSSR count). The van der Waals surface area contributed by atoms with Crippen molar-refractivity contribution >= 4 is 17.5 Å². The lowest BCUT2D eigenvalue weighted by molar-refractivity contribution is -0.137. The number of alkyl halides is 3. The maximum Gasteiger partial charge on any atom is 0.416 e. The van der Waals surface area contributed by atoms with Gasteiger partial charge in [0.2, 0.25) is 0 Å². The number of rotatable bonds is 10. The molecule has 0 spiro atoms. The van der Waals surface area contributed by atoms with Gasteiger partial charge in [0.25, 0.3) is 5.91 Å². The Balaban J connectivity index is 1.39. The molecule has 6 nitrogen and oxygen atoms in total. The van der Waals surface area contributed by atoms with Crippen molar-refractivity contribution in [3.8, 4) is 17.4 Å². The van der Waals surface area contributed by atoms with Crippen LogP contribution in [0.25, 0.3) is 11.3 Å². The van der Waals surface area contributed by atoms with Crippen molar-refractivity contribution < 1.29 is 22.4 Å². The predicted molar refractivity (Wildman–Crippen MR) is 151 cm³/mol. The summed E-state index contributed by atoms with van der Waals surface area (Å²) in [6, 6.07) is 22.2. The molecule has 0 fully saturated rings. The van der Waals surface area contributed by atoms with E-state index in [1.807, 2.05) is 19.1 Å². The van der Waals surface area contributed by atoms with Crippen LogP contribution in [0, 0.1) is 11.3 Å². The third-order valence-electron chi connectivity index (χ3n) is 6.66. The van der Waals surface area contributed by atoms with Crippen LogP contribution in [0.4, 0.5) is 13.2 Å². The number of nitrogens with zero attached hydrogens (tertiary/aromatic N) is 1. The summed E-state index contributed by atoms with van der Waals surface area (Å²) < 4.78 is 44.4. The monoisotopic (exact) mass is 580 g/mol. The summed E-state index contributed by atoms with van der Waals surface area (Å²) in [5.74, 6) is 0.771. The number of carbonyl (C=O) groups is 1. The predicted octanol–water partition coefficient (Wildman–Crippen LogP) is 6.64. The summed E-state index contributed by atoms with van der Waals surface area (Å²) >= 11 is 6.36. The molecule has 2 unspecified atom stereocenters. The van der Waals surface area contributed by atoms with Crippen molar-refractivity contribution in [2.24, 2.45) is 5.73 Å². The van der Waals surface area contributed by atoms with Gasteiger partial charge in [0.05, 0.1) is 34.3 Å². The fourth-order valence-corrected chi connectivity index (χ4v) is 4.47. The molecule has 4 N–H and O–H groups in total. The first-order valence-corrected chi connectivity index (χ1v) is 13.2. The molecule has 41 heavy (non-hydrogen) atoms. The van der Waals surface area contributed by atoms with Crippen LogP contribution < -0.4 is 16.4 Å². The van der Waals surface area contributed by atoms with Crippen molar-refractivity contribution in [2.45, 2.75) is 38.1 Å². The average molecular weight is 581 g/mol. The molecule has 0 aliphatic carbocycles. The lowest BCUT2D eigenvalue weighted by Gasteiger charge is -2.18. The Morgan fingerprint density at radius 2 is 1.76 bits per heavy atom. The highest BCUT2D eigenvalue weighted by atomic mass is 35.5. The largest absolute Gasteiger partial charge is 0.460 e. The zero-order valence-electron chi connectivity index (χ0n) is 22.1. The van der Waals surface area contributed by atoms with Gasteiger partial charge >= 0.3 is 6.18 Å². The summed E-state index contributed by atoms with van der Waals surface area (Å²) in [5, 5.41) is 15.4. The van der Waals surface area contributed by atoms with Gasteiger partial charge < -0.3 is 20.8 Å². The van der Waals surface area contributed by atoms with Gasteiger partial charge in [0, 0.05) is 24.2 Å². The van der Waals surface area contributed by atoms with E-state index in [0.717, 1.165) is 17.7 Å². The summed E-state index contributed by atoms with van der Waals surface area (Å²) in [6.45, 7) is 2.41. The van der Waals surface area contributed by atoms with E-state index in [1.54, 1.807) is 42.5 Å². The maximum absolute atomic E-state index is 13.1. The van der Waals surface area contributed by atoms with Gasteiger partial charge in [-0.2, -0.15) is 18.4 Å². The quantitative estimate of drug-likeness (QED) is 0.195. The maximum atomic E-state index is 13.1. The lowest BCUT2D eigenvalue weighted by atomic mass is 10.0. The highest BCUT2D eigenvalue weighted by molar-refractivity contribution is 6.34. The van der Waals surface area contributed by atoms with Gasteiger partial charge in [-0.1, -0.05) is 35.9 Å². The molecule has 0 saturated heterocycles. The fraction of sp³-hybridized carbons (Fsp3) is 0.226. The van der Waals surface area contributed by atoms with E-state index in [4.69, 9.17) is 27.0 Å². The first-order valence-electron chi connectivity index (χ1n) is 12.9. The smallest absolute Gasteiger partial charge is 0.416 e. The Bertz CT molecular complexity index is 1530. The van der Waals surface area contributed by atoms with E-state index < -0.39 is 11.7 Å². The molecule has 0 bridgehead atoms. The number of furan rings is 1. The third-order valence-corrected chi connectivity index (χ3v) is 6.99. The highest BCUT2D eigenvalue weighted by Gasteiger charge is 2.30. The Morgan fingerprint density at radius 3 is 2.39 bits per heavy atom. The summed E-state index contributed by atoms with van der Waals surface area (Å²) in [7, 11) is 0. The van der Waals surface area contributed by atoms with Crippen LogP contribution in [0.15, 0.2) is 83.3 Å². The first-order chi connectivity index (χ1) is 19.6. The summed E-state index contributed by atoms with van der Waals surface area (Å²) in [6.07, 6.45) is -3.88. The van der Waals surface area contributed by atoms with Crippen molar-refractivity contribution in [1.82, 2.24) is 10.6 Å². The molecule has 0 saturated carbocycles. The number of amides is 1. The van der Waals surface area contributed by atoms with Crippen LogP contribution in [-0.4, -0.2) is 18.5 Å². The molecule has 1 amide bonds. The van der Waals surface area contributed by atoms with E-state index in [0.29, 0.717) is 41.2 Å². The molecular weight excluding hydrogens is 553 g/mol. The van der Waals surface area contributed by atoms with Crippen LogP contribution in [0.5, 0.6) is 0 Å². The van der Waals surface area contributed by atoms with Crippen molar-refractivity contribution in [3.63, 3.8) is 0 Å². The van der Waals surface area contributed by atoms with Crippen LogP contribution in [-0.2, 0) is 19.1 Å². The van der Waals surface area contributed by atoms with Crippen molar-refractivity contribution in [1.29, 1.82) is 5.26 Å². The van der Waals surface area contributed by atoms with Gasteiger partial charge in [-0.3, -0.25) is 4.79 Å². The highest BCUT2D eigenvalue weighted by Crippen LogP contribution is 2.30. The number of nitrogens with two attached hydrogens (primary N) is 1. The Labute approximate surface area is 240 Å². The summed E-state index contributed by atoms with van der Waals surface area (Å²) in [4.78, 5) is 13.1. The van der Waals surface area contributed by atoms with Crippen LogP contribution in [0.1, 0.15) is 51.3 Å². The number of halogens is 4. The summed E-state index contributed by atoms with van der Waals surface area (Å²) in [5.41, 5.74) is 8.35. The average Bonchev–Trinajstić information content (AvgIpc) is 3.44. The van der Waals surface area contributed by atoms with Gasteiger partial charge in [0.15, 0.2) is 0 Å². The Hall–Kier alpha value is -4.10. The molecule has 3 aromatic carbocycles. The van der Waals surface area contributed by atoms with Gasteiger partial charge in [0.1, 0.15) is 11.5 Å². The fourth-order valence-electron chi connectivity index (χ4n) is 4.27. The zero-order chi connectivity index (χ0) is 29.6. The van der Waals surface area contributed by atoms with E-state index in [9.17, 15) is 18.0 Å². The Kier molecular flexibility index (Phi) is 9.50. The molecule has 10 heteroatoms. The van der Waals surface area contributed by atoms with E-state index in [1.165, 1.54) is 12.1 Å². The minimum atomic E-state index is -4.37. The molecule has 0 aliphatic rings. The number of hydrogen-bond donors (Lipinski definition) is 3. The molecule has 0 radical (unpaired) electrons. The van der Waals surface area contributed by atoms with E-state index >= 15 is 0 Å². The molecule has 1 aromatic heterocycles. The number of nitrogens with one attached hydrogen (secondary N) is 2. The number of nitriles is 1. The molecule has 4 aromatic rings. The minimum absolute atomic E-state index is 0.211. The van der Waals surface area contributed by atoms with E-state index in [2.05, 4.69) is 16.7 Å². The third kappa shape index (κ3) is 7.76. The van der Waals surface area contributed by atoms with Gasteiger partial charge in [-0.05, 0) is 79.1 Å². The first kappa shape index (κ1) is 29.9. The standard InChI is InChI=1S/C31H28ClF3N4O2/c1-19(22-6-9-24(10-7-22)31(33,34)35)38-18-26-11-13-29(41-26)23-8-12-28(32)27(15-23)30(40)39-25(17-37)14-20-2-4-21(16-36)5-3-20/h2-13,15,19,25,38H,14,17-18,37H2,1H3,(H,39,40). The SMILES string of the molecule is CC(NCc1ccc(-c2ccc(Cl)c(C(=O)NC(CN)Cc3ccc(C#N)cc3)c2)o1)c1ccc(C(F)(F)F)cc1. The molecular formula is C31H28ClF3N4O2. The van der Waals surface area contributed by atoms with Crippen molar-refractivity contribution in [3.05, 3.63) is 117 Å². The number of carbonyl (C=O) groups excluding carboxylic acids is 1. The lowest BCUT2D eigenvalue weighted by Crippen LogP contribution is -2.41. The minimum Gasteiger partial charge on any atom is -0.460 e. The van der Waals surface area contributed by atoms with Crippen LogP contribution in [0.3, 0.4) is 0 Å². The molecule has 2 atom stereocenters. The second kappa shape index (κ2) is 13.0. The normalized spacial score (nSPS) is 12.9. The topological polar surface area (TPSA) is 104 Å². The second-order valence-electron chi connectivity index (χ2n) is 9.60. The van der Waals surface area contributed by atoms with Crippen LogP contribution in [0.2, 0.25) is 5.02 Å². The molecule has 212 valence electrons. The Morgan fingerprint density at radius 1 is 1.05 bits per heavy atom. The van der Waals surface area contributed by atoms with Gasteiger partial charge in [-0.15, -0.1) is 0 Å². The second-order valence-corrected chi connectivity index (χ2v) is 10.0. The number of hydrogen-bond acceptors (Lipinski definition) is 5.